The van der Waals surface area contributed by atoms with Gasteiger partial charge in [-0.15, -0.1) is 11.3 Å². The Bertz CT molecular complexity index is 851. The van der Waals surface area contributed by atoms with Crippen molar-refractivity contribution in [1.29, 1.82) is 0 Å². The molecule has 134 valence electrons. The molecule has 0 atom stereocenters. The summed E-state index contributed by atoms with van der Waals surface area (Å²) in [4.78, 5) is 14.5. The van der Waals surface area contributed by atoms with Gasteiger partial charge in [0.2, 0.25) is 0 Å². The number of anilines is 1. The normalized spacial score (nSPS) is 15.6. The lowest BCUT2D eigenvalue weighted by Gasteiger charge is -2.19. The lowest BCUT2D eigenvalue weighted by molar-refractivity contribution is 0.0762. The minimum Gasteiger partial charge on any atom is -0.339 e. The van der Waals surface area contributed by atoms with Crippen LogP contribution in [0.15, 0.2) is 39.9 Å². The molecule has 0 saturated carbocycles. The summed E-state index contributed by atoms with van der Waals surface area (Å²) in [6.45, 7) is 3.34. The first kappa shape index (κ1) is 17.9. The minimum atomic E-state index is -3.69. The number of hydrogen-bond donors (Lipinski definition) is 1. The number of sulfonamides is 1. The molecule has 0 radical (unpaired) electrons. The van der Waals surface area contributed by atoms with E-state index in [9.17, 15) is 13.2 Å². The number of nitrogens with one attached hydrogen (secondary N) is 1. The summed E-state index contributed by atoms with van der Waals surface area (Å²) in [7, 11) is -3.69. The van der Waals surface area contributed by atoms with Gasteiger partial charge < -0.3 is 4.90 Å². The molecule has 2 heterocycles. The Hall–Kier alpha value is -1.86. The average molecular weight is 379 g/mol. The number of carbonyl (C=O) groups is 1. The van der Waals surface area contributed by atoms with E-state index in [0.29, 0.717) is 11.3 Å². The number of benzene rings is 1. The number of thiophene rings is 1. The molecule has 25 heavy (non-hydrogen) atoms. The third kappa shape index (κ3) is 4.22. The SMILES string of the molecule is Cc1ccccc1NS(=O)(=O)c1cc(C(=O)N2CCCCCC2)cs1. The highest BCUT2D eigenvalue weighted by molar-refractivity contribution is 7.94. The Morgan fingerprint density at radius 1 is 1.12 bits per heavy atom. The number of para-hydroxylation sites is 1. The first-order valence-electron chi connectivity index (χ1n) is 8.43. The van der Waals surface area contributed by atoms with E-state index in [1.165, 1.54) is 6.07 Å². The van der Waals surface area contributed by atoms with Crippen LogP contribution in [0, 0.1) is 6.92 Å². The zero-order valence-corrected chi connectivity index (χ0v) is 15.8. The molecule has 1 N–H and O–H groups in total. The molecule has 1 aromatic carbocycles. The summed E-state index contributed by atoms with van der Waals surface area (Å²) in [6.07, 6.45) is 4.31. The second-order valence-corrected chi connectivity index (χ2v) is 9.10. The summed E-state index contributed by atoms with van der Waals surface area (Å²) in [5.41, 5.74) is 1.86. The van der Waals surface area contributed by atoms with Gasteiger partial charge in [0.15, 0.2) is 0 Å². The van der Waals surface area contributed by atoms with E-state index in [1.54, 1.807) is 17.5 Å². The van der Waals surface area contributed by atoms with Gasteiger partial charge in [-0.05, 0) is 37.5 Å². The van der Waals surface area contributed by atoms with E-state index in [0.717, 1.165) is 55.7 Å². The smallest absolute Gasteiger partial charge is 0.271 e. The largest absolute Gasteiger partial charge is 0.339 e. The highest BCUT2D eigenvalue weighted by Crippen LogP contribution is 2.25. The van der Waals surface area contributed by atoms with Gasteiger partial charge in [0.25, 0.3) is 15.9 Å². The van der Waals surface area contributed by atoms with Gasteiger partial charge in [-0.25, -0.2) is 8.42 Å². The van der Waals surface area contributed by atoms with Crippen LogP contribution in [0.5, 0.6) is 0 Å². The van der Waals surface area contributed by atoms with Gasteiger partial charge in [-0.2, -0.15) is 0 Å². The molecule has 2 aromatic rings. The van der Waals surface area contributed by atoms with Crippen LogP contribution >= 0.6 is 11.3 Å². The monoisotopic (exact) mass is 378 g/mol. The molecule has 1 fully saturated rings. The molecule has 1 aromatic heterocycles. The molecular formula is C18H22N2O3S2. The lowest BCUT2D eigenvalue weighted by atomic mass is 10.2. The summed E-state index contributed by atoms with van der Waals surface area (Å²) >= 11 is 1.08. The Morgan fingerprint density at radius 2 is 1.80 bits per heavy atom. The summed E-state index contributed by atoms with van der Waals surface area (Å²) in [5.74, 6) is -0.0736. The summed E-state index contributed by atoms with van der Waals surface area (Å²) in [6, 6.07) is 8.70. The molecule has 1 amide bonds. The van der Waals surface area contributed by atoms with Crippen molar-refractivity contribution in [1.82, 2.24) is 4.90 Å². The highest BCUT2D eigenvalue weighted by Gasteiger charge is 2.23. The van der Waals surface area contributed by atoms with Crippen LogP contribution in [0.4, 0.5) is 5.69 Å². The molecule has 1 aliphatic rings. The quantitative estimate of drug-likeness (QED) is 0.878. The van der Waals surface area contributed by atoms with E-state index in [4.69, 9.17) is 0 Å². The fourth-order valence-corrected chi connectivity index (χ4v) is 5.19. The van der Waals surface area contributed by atoms with Crippen LogP contribution in [0.3, 0.4) is 0 Å². The number of rotatable bonds is 4. The minimum absolute atomic E-state index is 0.0736. The van der Waals surface area contributed by atoms with Crippen LogP contribution in [0.1, 0.15) is 41.6 Å². The van der Waals surface area contributed by atoms with Crippen molar-refractivity contribution in [3.05, 3.63) is 46.8 Å². The number of likely N-dealkylation sites (tertiary alicyclic amines) is 1. The lowest BCUT2D eigenvalue weighted by Crippen LogP contribution is -2.31. The first-order chi connectivity index (χ1) is 12.0. The predicted molar refractivity (Wildman–Crippen MR) is 101 cm³/mol. The average Bonchev–Trinajstić information content (AvgIpc) is 2.94. The Labute approximate surface area is 152 Å². The van der Waals surface area contributed by atoms with E-state index in [1.807, 2.05) is 24.0 Å². The van der Waals surface area contributed by atoms with Gasteiger partial charge in [-0.3, -0.25) is 9.52 Å². The highest BCUT2D eigenvalue weighted by atomic mass is 32.2. The topological polar surface area (TPSA) is 66.5 Å². The van der Waals surface area contributed by atoms with Crippen LogP contribution < -0.4 is 4.72 Å². The van der Waals surface area contributed by atoms with E-state index in [2.05, 4.69) is 4.72 Å². The van der Waals surface area contributed by atoms with Crippen molar-refractivity contribution < 1.29 is 13.2 Å². The fourth-order valence-electron chi connectivity index (χ4n) is 2.91. The summed E-state index contributed by atoms with van der Waals surface area (Å²) in [5, 5.41) is 1.64. The second kappa shape index (κ2) is 7.58. The molecule has 1 aliphatic heterocycles. The maximum atomic E-state index is 12.6. The molecule has 0 spiro atoms. The van der Waals surface area contributed by atoms with Crippen LogP contribution in [0.25, 0.3) is 0 Å². The van der Waals surface area contributed by atoms with Crippen molar-refractivity contribution in [2.75, 3.05) is 17.8 Å². The van der Waals surface area contributed by atoms with Crippen molar-refractivity contribution in [2.45, 2.75) is 36.8 Å². The number of carbonyl (C=O) groups excluding carboxylic acids is 1. The number of amides is 1. The Morgan fingerprint density at radius 3 is 2.48 bits per heavy atom. The van der Waals surface area contributed by atoms with Gasteiger partial charge in [0.1, 0.15) is 4.21 Å². The maximum Gasteiger partial charge on any atom is 0.271 e. The van der Waals surface area contributed by atoms with Gasteiger partial charge in [-0.1, -0.05) is 31.0 Å². The van der Waals surface area contributed by atoms with E-state index < -0.39 is 10.0 Å². The van der Waals surface area contributed by atoms with Crippen molar-refractivity contribution in [3.63, 3.8) is 0 Å². The molecule has 3 rings (SSSR count). The maximum absolute atomic E-state index is 12.6. The van der Waals surface area contributed by atoms with Crippen LogP contribution in [-0.2, 0) is 10.0 Å². The zero-order valence-electron chi connectivity index (χ0n) is 14.2. The fraction of sp³-hybridized carbons (Fsp3) is 0.389. The van der Waals surface area contributed by atoms with Crippen molar-refractivity contribution in [3.8, 4) is 0 Å². The molecule has 0 aliphatic carbocycles. The number of nitrogens with zero attached hydrogens (tertiary/aromatic N) is 1. The molecule has 7 heteroatoms. The first-order valence-corrected chi connectivity index (χ1v) is 10.8. The van der Waals surface area contributed by atoms with Crippen LogP contribution in [0.2, 0.25) is 0 Å². The van der Waals surface area contributed by atoms with E-state index >= 15 is 0 Å². The zero-order chi connectivity index (χ0) is 17.9. The number of hydrogen-bond acceptors (Lipinski definition) is 4. The van der Waals surface area contributed by atoms with Gasteiger partial charge >= 0.3 is 0 Å². The standard InChI is InChI=1S/C18H22N2O3S2/c1-14-8-4-5-9-16(14)19-25(22,23)17-12-15(13-24-17)18(21)20-10-6-2-3-7-11-20/h4-5,8-9,12-13,19H,2-3,6-7,10-11H2,1H3. The molecule has 0 bridgehead atoms. The molecule has 5 nitrogen and oxygen atoms in total. The summed E-state index contributed by atoms with van der Waals surface area (Å²) < 4.78 is 28.0. The Balaban J connectivity index is 1.78. The van der Waals surface area contributed by atoms with E-state index in [-0.39, 0.29) is 10.1 Å². The Kier molecular flexibility index (Phi) is 5.44. The van der Waals surface area contributed by atoms with Crippen molar-refractivity contribution >= 4 is 33.0 Å². The van der Waals surface area contributed by atoms with Gasteiger partial charge in [0, 0.05) is 18.5 Å². The van der Waals surface area contributed by atoms with Gasteiger partial charge in [0.05, 0.1) is 11.3 Å². The second-order valence-electron chi connectivity index (χ2n) is 6.28. The van der Waals surface area contributed by atoms with Crippen molar-refractivity contribution in [2.24, 2.45) is 0 Å². The third-order valence-electron chi connectivity index (χ3n) is 4.37. The third-order valence-corrected chi connectivity index (χ3v) is 7.17. The predicted octanol–water partition coefficient (Wildman–Crippen LogP) is 3.87. The van der Waals surface area contributed by atoms with Crippen LogP contribution in [-0.4, -0.2) is 32.3 Å². The molecule has 1 saturated heterocycles. The molecule has 0 unspecified atom stereocenters. The molecular weight excluding hydrogens is 356 g/mol. The number of aryl methyl sites for hydroxylation is 1.